The molecular weight excluding hydrogens is 212 g/mol. The molecule has 4 nitrogen and oxygen atoms in total. The van der Waals surface area contributed by atoms with Crippen molar-refractivity contribution in [2.75, 3.05) is 18.5 Å². The quantitative estimate of drug-likeness (QED) is 0.866. The molecule has 94 valence electrons. The summed E-state index contributed by atoms with van der Waals surface area (Å²) in [5.41, 5.74) is 1.01. The van der Waals surface area contributed by atoms with E-state index in [9.17, 15) is 0 Å². The summed E-state index contributed by atoms with van der Waals surface area (Å²) in [6.45, 7) is 6.46. The Bertz CT molecular complexity index is 366. The van der Waals surface area contributed by atoms with Gasteiger partial charge < -0.3 is 10.2 Å². The zero-order valence-electron chi connectivity index (χ0n) is 11.0. The Balaban J connectivity index is 2.16. The zero-order valence-corrected chi connectivity index (χ0v) is 11.0. The molecule has 0 amide bonds. The maximum atomic E-state index is 4.67. The molecule has 1 fully saturated rings. The lowest BCUT2D eigenvalue weighted by Gasteiger charge is -2.37. The highest BCUT2D eigenvalue weighted by atomic mass is 15.2. The van der Waals surface area contributed by atoms with Gasteiger partial charge in [-0.1, -0.05) is 6.92 Å². The molecule has 1 aliphatic rings. The summed E-state index contributed by atoms with van der Waals surface area (Å²) in [5, 5.41) is 3.11. The molecule has 2 rings (SSSR count). The molecule has 1 saturated heterocycles. The Hall–Kier alpha value is -1.16. The van der Waals surface area contributed by atoms with E-state index in [4.69, 9.17) is 0 Å². The fourth-order valence-electron chi connectivity index (χ4n) is 2.41. The lowest BCUT2D eigenvalue weighted by atomic mass is 9.95. The fraction of sp³-hybridized carbons (Fsp3) is 0.692. The summed E-state index contributed by atoms with van der Waals surface area (Å²) < 4.78 is 0. The highest BCUT2D eigenvalue weighted by Gasteiger charge is 2.24. The van der Waals surface area contributed by atoms with Crippen LogP contribution in [0.4, 0.5) is 5.82 Å². The molecular formula is C13H22N4. The summed E-state index contributed by atoms with van der Waals surface area (Å²) in [4.78, 5) is 11.4. The second kappa shape index (κ2) is 5.45. The van der Waals surface area contributed by atoms with Gasteiger partial charge in [0.05, 0.1) is 11.9 Å². The monoisotopic (exact) mass is 234 g/mol. The number of nitrogens with one attached hydrogen (secondary N) is 1. The van der Waals surface area contributed by atoms with Crippen LogP contribution in [0, 0.1) is 5.92 Å². The van der Waals surface area contributed by atoms with Gasteiger partial charge in [-0.05, 0) is 32.7 Å². The minimum absolute atomic E-state index is 0.574. The molecule has 2 heterocycles. The molecule has 1 N–H and O–H groups in total. The average Bonchev–Trinajstić information content (AvgIpc) is 2.33. The maximum absolute atomic E-state index is 4.67. The molecule has 1 aromatic rings. The largest absolute Gasteiger partial charge is 0.352 e. The number of anilines is 1. The van der Waals surface area contributed by atoms with Crippen LogP contribution in [-0.4, -0.2) is 29.6 Å². The third-order valence-corrected chi connectivity index (χ3v) is 3.44. The van der Waals surface area contributed by atoms with Crippen LogP contribution >= 0.6 is 0 Å². The number of piperidine rings is 1. The van der Waals surface area contributed by atoms with Crippen molar-refractivity contribution in [2.24, 2.45) is 5.92 Å². The average molecular weight is 234 g/mol. The van der Waals surface area contributed by atoms with Crippen LogP contribution in [0.3, 0.4) is 0 Å². The second-order valence-corrected chi connectivity index (χ2v) is 5.08. The summed E-state index contributed by atoms with van der Waals surface area (Å²) >= 11 is 0. The highest BCUT2D eigenvalue weighted by Crippen LogP contribution is 2.25. The van der Waals surface area contributed by atoms with Crippen molar-refractivity contribution in [3.63, 3.8) is 0 Å². The van der Waals surface area contributed by atoms with Gasteiger partial charge in [0, 0.05) is 25.3 Å². The first-order chi connectivity index (χ1) is 8.20. The Morgan fingerprint density at radius 2 is 2.18 bits per heavy atom. The van der Waals surface area contributed by atoms with Crippen molar-refractivity contribution in [2.45, 2.75) is 39.3 Å². The van der Waals surface area contributed by atoms with Crippen LogP contribution in [0.2, 0.25) is 0 Å². The fourth-order valence-corrected chi connectivity index (χ4v) is 2.41. The molecule has 17 heavy (non-hydrogen) atoms. The standard InChI is InChI=1S/C13H22N4/c1-10-4-5-11(2)17(9-10)13-8-15-7-12(16-13)6-14-3/h7-8,10-11,14H,4-6,9H2,1-3H3. The Kier molecular flexibility index (Phi) is 3.94. The molecule has 0 bridgehead atoms. The lowest BCUT2D eigenvalue weighted by molar-refractivity contribution is 0.387. The molecule has 4 heteroatoms. The Labute approximate surface area is 103 Å². The summed E-state index contributed by atoms with van der Waals surface area (Å²) in [7, 11) is 1.93. The first kappa shape index (κ1) is 12.3. The van der Waals surface area contributed by atoms with Gasteiger partial charge in [-0.3, -0.25) is 4.98 Å². The lowest BCUT2D eigenvalue weighted by Crippen LogP contribution is -2.41. The number of nitrogens with zero attached hydrogens (tertiary/aromatic N) is 3. The van der Waals surface area contributed by atoms with Gasteiger partial charge in [-0.2, -0.15) is 0 Å². The van der Waals surface area contributed by atoms with Crippen molar-refractivity contribution in [3.05, 3.63) is 18.1 Å². The van der Waals surface area contributed by atoms with Crippen molar-refractivity contribution in [1.82, 2.24) is 15.3 Å². The van der Waals surface area contributed by atoms with E-state index in [1.165, 1.54) is 12.8 Å². The maximum Gasteiger partial charge on any atom is 0.147 e. The topological polar surface area (TPSA) is 41.1 Å². The van der Waals surface area contributed by atoms with Gasteiger partial charge in [0.1, 0.15) is 5.82 Å². The van der Waals surface area contributed by atoms with Gasteiger partial charge in [-0.15, -0.1) is 0 Å². The zero-order chi connectivity index (χ0) is 12.3. The van der Waals surface area contributed by atoms with Crippen LogP contribution in [-0.2, 0) is 6.54 Å². The number of rotatable bonds is 3. The molecule has 2 unspecified atom stereocenters. The molecule has 0 spiro atoms. The molecule has 0 saturated carbocycles. The van der Waals surface area contributed by atoms with Crippen LogP contribution < -0.4 is 10.2 Å². The number of hydrogen-bond donors (Lipinski definition) is 1. The SMILES string of the molecule is CNCc1cncc(N2CC(C)CCC2C)n1. The van der Waals surface area contributed by atoms with Crippen LogP contribution in [0.1, 0.15) is 32.4 Å². The predicted molar refractivity (Wildman–Crippen MR) is 70.0 cm³/mol. The smallest absolute Gasteiger partial charge is 0.147 e. The van der Waals surface area contributed by atoms with E-state index in [0.717, 1.165) is 30.5 Å². The van der Waals surface area contributed by atoms with Gasteiger partial charge in [0.25, 0.3) is 0 Å². The van der Waals surface area contributed by atoms with Gasteiger partial charge in [-0.25, -0.2) is 4.98 Å². The van der Waals surface area contributed by atoms with Crippen LogP contribution in [0.5, 0.6) is 0 Å². The second-order valence-electron chi connectivity index (χ2n) is 5.08. The Morgan fingerprint density at radius 3 is 2.94 bits per heavy atom. The minimum Gasteiger partial charge on any atom is -0.352 e. The highest BCUT2D eigenvalue weighted by molar-refractivity contribution is 5.38. The predicted octanol–water partition coefficient (Wildman–Crippen LogP) is 1.82. The third-order valence-electron chi connectivity index (χ3n) is 3.44. The van der Waals surface area contributed by atoms with E-state index < -0.39 is 0 Å². The van der Waals surface area contributed by atoms with Crippen molar-refractivity contribution < 1.29 is 0 Å². The molecule has 0 aromatic carbocycles. The molecule has 1 aliphatic heterocycles. The van der Waals surface area contributed by atoms with Crippen LogP contribution in [0.25, 0.3) is 0 Å². The first-order valence-corrected chi connectivity index (χ1v) is 6.43. The summed E-state index contributed by atoms with van der Waals surface area (Å²) in [6.07, 6.45) is 6.28. The van der Waals surface area contributed by atoms with E-state index in [1.54, 1.807) is 0 Å². The van der Waals surface area contributed by atoms with E-state index in [1.807, 2.05) is 19.4 Å². The van der Waals surface area contributed by atoms with Crippen molar-refractivity contribution in [1.29, 1.82) is 0 Å². The van der Waals surface area contributed by atoms with Gasteiger partial charge in [0.15, 0.2) is 0 Å². The van der Waals surface area contributed by atoms with Gasteiger partial charge >= 0.3 is 0 Å². The van der Waals surface area contributed by atoms with E-state index >= 15 is 0 Å². The molecule has 0 radical (unpaired) electrons. The van der Waals surface area contributed by atoms with Crippen molar-refractivity contribution >= 4 is 5.82 Å². The van der Waals surface area contributed by atoms with E-state index in [2.05, 4.69) is 34.0 Å². The molecule has 2 atom stereocenters. The Morgan fingerprint density at radius 1 is 1.35 bits per heavy atom. The van der Waals surface area contributed by atoms with E-state index in [0.29, 0.717) is 6.04 Å². The molecule has 0 aliphatic carbocycles. The summed E-state index contributed by atoms with van der Waals surface area (Å²) in [6, 6.07) is 0.574. The van der Waals surface area contributed by atoms with E-state index in [-0.39, 0.29) is 0 Å². The first-order valence-electron chi connectivity index (χ1n) is 6.43. The number of hydrogen-bond acceptors (Lipinski definition) is 4. The third kappa shape index (κ3) is 2.94. The van der Waals surface area contributed by atoms with Crippen molar-refractivity contribution in [3.8, 4) is 0 Å². The van der Waals surface area contributed by atoms with Gasteiger partial charge in [0.2, 0.25) is 0 Å². The van der Waals surface area contributed by atoms with Crippen LogP contribution in [0.15, 0.2) is 12.4 Å². The summed E-state index contributed by atoms with van der Waals surface area (Å²) in [5.74, 6) is 1.78. The minimum atomic E-state index is 0.574. The normalized spacial score (nSPS) is 25.0. The number of aromatic nitrogens is 2. The molecule has 1 aromatic heterocycles.